The molecule has 1 saturated heterocycles. The van der Waals surface area contributed by atoms with E-state index in [-0.39, 0.29) is 33.1 Å². The van der Waals surface area contributed by atoms with E-state index in [4.69, 9.17) is 23.2 Å². The van der Waals surface area contributed by atoms with Crippen LogP contribution in [-0.2, 0) is 19.7 Å². The van der Waals surface area contributed by atoms with E-state index in [1.54, 1.807) is 23.9 Å². The second kappa shape index (κ2) is 16.0. The van der Waals surface area contributed by atoms with Crippen LogP contribution in [0.15, 0.2) is 74.8 Å². The predicted molar refractivity (Wildman–Crippen MR) is 156 cm³/mol. The number of benzene rings is 2. The van der Waals surface area contributed by atoms with Gasteiger partial charge < -0.3 is 0 Å². The summed E-state index contributed by atoms with van der Waals surface area (Å²) in [5, 5.41) is 1.53. The molecule has 34 heavy (non-hydrogen) atoms. The van der Waals surface area contributed by atoms with Gasteiger partial charge in [-0.05, 0) is 48.5 Å². The van der Waals surface area contributed by atoms with Crippen LogP contribution in [0.4, 0.5) is 0 Å². The summed E-state index contributed by atoms with van der Waals surface area (Å²) in [5.41, 5.74) is 0. The molecule has 2 aromatic rings. The molecule has 2 atom stereocenters. The SMILES string of the molecule is O=S1(=O)CC=CC1.O=S1(=O)C[C@H](Sc2ccc(Cl)cc2)[C@@H](Br)C1.Sc1ccc(Cl)cc1.[B]=NS. The first-order valence-corrected chi connectivity index (χ1v) is 16.5. The summed E-state index contributed by atoms with van der Waals surface area (Å²) in [7, 11) is -1.19. The van der Waals surface area contributed by atoms with E-state index in [1.807, 2.05) is 48.5 Å². The quantitative estimate of drug-likeness (QED) is 0.185. The molecule has 0 bridgehead atoms. The summed E-state index contributed by atoms with van der Waals surface area (Å²) in [6.07, 6.45) is 3.35. The first kappa shape index (κ1) is 32.1. The third kappa shape index (κ3) is 14.0. The molecule has 0 aromatic heterocycles. The first-order valence-electron chi connectivity index (χ1n) is 9.48. The Morgan fingerprint density at radius 1 is 0.882 bits per heavy atom. The van der Waals surface area contributed by atoms with Gasteiger partial charge in [0, 0.05) is 29.9 Å². The van der Waals surface area contributed by atoms with E-state index in [2.05, 4.69) is 53.3 Å². The molecule has 1 fully saturated rings. The van der Waals surface area contributed by atoms with Gasteiger partial charge in [-0.3, -0.25) is 0 Å². The number of thiol groups is 2. The maximum atomic E-state index is 11.4. The standard InChI is InChI=1S/C10H10BrClO2S2.C6H5ClS.C4H6O2S.BHNS/c11-9-5-16(13,14)6-10(9)15-8-3-1-7(12)2-4-8;7-5-1-3-6(8)4-2-5;5-7(6)3-1-2-4-7;1-2-3/h1-4,9-10H,5-6H2;1-4,8H;1-2H,3-4H2;3H/t9-,10-;;;/m0.../s1. The van der Waals surface area contributed by atoms with Gasteiger partial charge in [-0.15, -0.1) is 24.4 Å². The first-order chi connectivity index (χ1) is 15.9. The maximum absolute atomic E-state index is 11.4. The van der Waals surface area contributed by atoms with Gasteiger partial charge in [-0.25, -0.2) is 16.8 Å². The Morgan fingerprint density at radius 3 is 1.65 bits per heavy atom. The predicted octanol–water partition coefficient (Wildman–Crippen LogP) is 5.78. The zero-order chi connectivity index (χ0) is 25.8. The zero-order valence-electron chi connectivity index (χ0n) is 17.7. The van der Waals surface area contributed by atoms with Gasteiger partial charge in [0.2, 0.25) is 0 Å². The van der Waals surface area contributed by atoms with Crippen molar-refractivity contribution >= 4 is 104 Å². The Kier molecular flexibility index (Phi) is 15.1. The molecule has 14 heteroatoms. The molecule has 2 heterocycles. The fourth-order valence-corrected chi connectivity index (χ4v) is 9.36. The number of hydrogen-bond donors (Lipinski definition) is 2. The number of nitrogens with zero attached hydrogens (tertiary/aromatic N) is 1. The van der Waals surface area contributed by atoms with Crippen molar-refractivity contribution in [3.05, 3.63) is 70.7 Å². The molecule has 0 N–H and O–H groups in total. The molecule has 2 aliphatic rings. The van der Waals surface area contributed by atoms with Crippen LogP contribution in [0.2, 0.25) is 10.0 Å². The summed E-state index contributed by atoms with van der Waals surface area (Å²) in [4.78, 5) is 2.03. The summed E-state index contributed by atoms with van der Waals surface area (Å²) in [5.74, 6) is 0.967. The van der Waals surface area contributed by atoms with Crippen molar-refractivity contribution < 1.29 is 16.8 Å². The average molecular weight is 662 g/mol. The van der Waals surface area contributed by atoms with Crippen molar-refractivity contribution in [1.82, 2.24) is 0 Å². The van der Waals surface area contributed by atoms with Crippen LogP contribution in [-0.4, -0.2) is 57.6 Å². The average Bonchev–Trinajstić information content (AvgIpc) is 3.27. The zero-order valence-corrected chi connectivity index (χ0v) is 25.0. The molecule has 4 rings (SSSR count). The Balaban J connectivity index is 0.000000268. The molecular weight excluding hydrogens is 640 g/mol. The molecule has 0 saturated carbocycles. The van der Waals surface area contributed by atoms with E-state index >= 15 is 0 Å². The van der Waals surface area contributed by atoms with E-state index < -0.39 is 19.7 Å². The van der Waals surface area contributed by atoms with Gasteiger partial charge in [-0.2, -0.15) is 0 Å². The Labute approximate surface area is 236 Å². The third-order valence-corrected chi connectivity index (χ3v) is 11.3. The van der Waals surface area contributed by atoms with Gasteiger partial charge in [0.1, 0.15) is 0 Å². The van der Waals surface area contributed by atoms with E-state index in [0.29, 0.717) is 5.02 Å². The molecule has 2 aromatic carbocycles. The van der Waals surface area contributed by atoms with Crippen molar-refractivity contribution in [1.29, 1.82) is 0 Å². The number of thioether (sulfide) groups is 1. The van der Waals surface area contributed by atoms with Crippen LogP contribution in [0, 0.1) is 0 Å². The van der Waals surface area contributed by atoms with Crippen molar-refractivity contribution in [2.75, 3.05) is 23.0 Å². The Bertz CT molecular complexity index is 1110. The summed E-state index contributed by atoms with van der Waals surface area (Å²) >= 11 is 23.6. The summed E-state index contributed by atoms with van der Waals surface area (Å²) in [6, 6.07) is 14.8. The number of sulfone groups is 2. The molecule has 1 radical (unpaired) electrons. The Hall–Kier alpha value is 0.0549. The van der Waals surface area contributed by atoms with Crippen LogP contribution in [0.3, 0.4) is 0 Å². The monoisotopic (exact) mass is 660 g/mol. The minimum absolute atomic E-state index is 0.0400. The van der Waals surface area contributed by atoms with Gasteiger partial charge >= 0.3 is 24.8 Å². The molecule has 5 nitrogen and oxygen atoms in total. The van der Waals surface area contributed by atoms with E-state index in [0.717, 1.165) is 14.8 Å². The van der Waals surface area contributed by atoms with Crippen LogP contribution in [0.1, 0.15) is 0 Å². The van der Waals surface area contributed by atoms with Gasteiger partial charge in [0.15, 0.2) is 19.7 Å². The third-order valence-electron chi connectivity index (χ3n) is 4.03. The minimum atomic E-state index is -2.87. The van der Waals surface area contributed by atoms with Crippen LogP contribution >= 0.6 is 76.3 Å². The molecule has 0 unspecified atom stereocenters. The molecule has 2 aliphatic heterocycles. The number of halogens is 3. The molecule has 0 aliphatic carbocycles. The fraction of sp³-hybridized carbons (Fsp3) is 0.300. The van der Waals surface area contributed by atoms with Crippen molar-refractivity contribution in [2.24, 2.45) is 4.30 Å². The van der Waals surface area contributed by atoms with Gasteiger partial charge in [0.05, 0.1) is 23.0 Å². The second-order valence-corrected chi connectivity index (χ2v) is 15.3. The van der Waals surface area contributed by atoms with Crippen LogP contribution in [0.5, 0.6) is 0 Å². The van der Waals surface area contributed by atoms with Crippen molar-refractivity contribution in [3.63, 3.8) is 0 Å². The van der Waals surface area contributed by atoms with Crippen molar-refractivity contribution in [2.45, 2.75) is 19.9 Å². The fourth-order valence-electron chi connectivity index (χ4n) is 2.51. The normalized spacial score (nSPS) is 21.1. The number of hydrogen-bond acceptors (Lipinski definition) is 8. The number of rotatable bonds is 2. The van der Waals surface area contributed by atoms with Crippen LogP contribution < -0.4 is 0 Å². The molecule has 0 spiro atoms. The van der Waals surface area contributed by atoms with E-state index in [9.17, 15) is 16.8 Å². The molecular formula is C20H22BBrCl2NO4S5. The van der Waals surface area contributed by atoms with Gasteiger partial charge in [0.25, 0.3) is 0 Å². The van der Waals surface area contributed by atoms with Crippen molar-refractivity contribution in [3.8, 4) is 0 Å². The summed E-state index contributed by atoms with van der Waals surface area (Å²) in [6.45, 7) is 0. The number of alkyl halides is 1. The molecule has 0 amide bonds. The Morgan fingerprint density at radius 2 is 1.32 bits per heavy atom. The summed E-state index contributed by atoms with van der Waals surface area (Å²) < 4.78 is 46.3. The molecule has 185 valence electrons. The van der Waals surface area contributed by atoms with Gasteiger partial charge in [-0.1, -0.05) is 51.3 Å². The van der Waals surface area contributed by atoms with E-state index in [1.165, 1.54) is 0 Å². The van der Waals surface area contributed by atoms with Crippen LogP contribution in [0.25, 0.3) is 0 Å². The second-order valence-electron chi connectivity index (χ2n) is 6.84. The topological polar surface area (TPSA) is 80.6 Å².